The number of para-hydroxylation sites is 1. The molecule has 0 aliphatic heterocycles. The Labute approximate surface area is 165 Å². The fourth-order valence-electron chi connectivity index (χ4n) is 2.69. The van der Waals surface area contributed by atoms with Crippen molar-refractivity contribution in [2.75, 3.05) is 19.0 Å². The number of anilines is 1. The van der Waals surface area contributed by atoms with Crippen molar-refractivity contribution in [3.63, 3.8) is 0 Å². The average Bonchev–Trinajstić information content (AvgIpc) is 2.69. The standard InChI is InChI=1S/C20H29N5O3/c1-5-6-11-21-20(27)22-12-16-23-15-10-8-7-9-14(15)18(24-16)25-17(13(2)3)19(26)28-4/h7-10,13,17H,5-6,11-12H2,1-4H3,(H2,21,22,27)(H,23,24,25). The van der Waals surface area contributed by atoms with Gasteiger partial charge in [0.1, 0.15) is 11.9 Å². The van der Waals surface area contributed by atoms with Crippen LogP contribution in [0.25, 0.3) is 10.9 Å². The number of ether oxygens (including phenoxy) is 1. The molecule has 2 rings (SSSR count). The van der Waals surface area contributed by atoms with E-state index >= 15 is 0 Å². The van der Waals surface area contributed by atoms with Gasteiger partial charge in [0.05, 0.1) is 19.2 Å². The van der Waals surface area contributed by atoms with E-state index in [0.29, 0.717) is 18.2 Å². The van der Waals surface area contributed by atoms with Gasteiger partial charge in [0.15, 0.2) is 5.82 Å². The van der Waals surface area contributed by atoms with Crippen molar-refractivity contribution in [2.45, 2.75) is 46.2 Å². The van der Waals surface area contributed by atoms with Gasteiger partial charge in [-0.2, -0.15) is 0 Å². The van der Waals surface area contributed by atoms with Crippen LogP contribution in [0.5, 0.6) is 0 Å². The second-order valence-electron chi connectivity index (χ2n) is 6.86. The van der Waals surface area contributed by atoms with Gasteiger partial charge in [-0.25, -0.2) is 19.6 Å². The molecule has 1 aromatic carbocycles. The molecular formula is C20H29N5O3. The summed E-state index contributed by atoms with van der Waals surface area (Å²) in [5, 5.41) is 9.55. The van der Waals surface area contributed by atoms with Gasteiger partial charge in [-0.05, 0) is 24.5 Å². The highest BCUT2D eigenvalue weighted by atomic mass is 16.5. The first-order valence-electron chi connectivity index (χ1n) is 9.58. The molecule has 0 spiro atoms. The smallest absolute Gasteiger partial charge is 0.328 e. The van der Waals surface area contributed by atoms with Gasteiger partial charge < -0.3 is 20.7 Å². The van der Waals surface area contributed by atoms with E-state index in [1.54, 1.807) is 0 Å². The normalized spacial score (nSPS) is 11.9. The van der Waals surface area contributed by atoms with Crippen molar-refractivity contribution < 1.29 is 14.3 Å². The van der Waals surface area contributed by atoms with Gasteiger partial charge in [-0.3, -0.25) is 0 Å². The molecule has 1 heterocycles. The van der Waals surface area contributed by atoms with Gasteiger partial charge in [0.2, 0.25) is 0 Å². The van der Waals surface area contributed by atoms with Crippen LogP contribution in [0.15, 0.2) is 24.3 Å². The van der Waals surface area contributed by atoms with E-state index in [-0.39, 0.29) is 24.5 Å². The Morgan fingerprint density at radius 2 is 1.89 bits per heavy atom. The number of nitrogens with zero attached hydrogens (tertiary/aromatic N) is 2. The molecule has 1 atom stereocenters. The Morgan fingerprint density at radius 3 is 2.57 bits per heavy atom. The van der Waals surface area contributed by atoms with Gasteiger partial charge in [0, 0.05) is 11.9 Å². The van der Waals surface area contributed by atoms with Crippen LogP contribution >= 0.6 is 0 Å². The number of aromatic nitrogens is 2. The average molecular weight is 387 g/mol. The van der Waals surface area contributed by atoms with Crippen LogP contribution in [0.1, 0.15) is 39.4 Å². The van der Waals surface area contributed by atoms with Crippen molar-refractivity contribution in [2.24, 2.45) is 5.92 Å². The Bertz CT molecular complexity index is 810. The molecule has 3 N–H and O–H groups in total. The Hall–Kier alpha value is -2.90. The number of unbranched alkanes of at least 4 members (excludes halogenated alkanes) is 1. The first-order chi connectivity index (χ1) is 13.5. The van der Waals surface area contributed by atoms with Crippen LogP contribution in [0, 0.1) is 5.92 Å². The third-order valence-corrected chi connectivity index (χ3v) is 4.29. The number of esters is 1. The first-order valence-corrected chi connectivity index (χ1v) is 9.58. The molecule has 2 aromatic rings. The van der Waals surface area contributed by atoms with Gasteiger partial charge in [-0.15, -0.1) is 0 Å². The minimum atomic E-state index is -0.540. The van der Waals surface area contributed by atoms with Crippen LogP contribution < -0.4 is 16.0 Å². The third-order valence-electron chi connectivity index (χ3n) is 4.29. The number of amides is 2. The Balaban J connectivity index is 2.22. The number of fused-ring (bicyclic) bond motifs is 1. The number of hydrogen-bond donors (Lipinski definition) is 3. The molecule has 0 radical (unpaired) electrons. The minimum Gasteiger partial charge on any atom is -0.467 e. The molecule has 0 bridgehead atoms. The number of benzene rings is 1. The summed E-state index contributed by atoms with van der Waals surface area (Å²) >= 11 is 0. The SMILES string of the molecule is CCCCNC(=O)NCc1nc(NC(C(=O)OC)C(C)C)c2ccccc2n1. The van der Waals surface area contributed by atoms with E-state index < -0.39 is 6.04 Å². The lowest BCUT2D eigenvalue weighted by atomic mass is 10.0. The molecule has 0 saturated heterocycles. The first kappa shape index (κ1) is 21.4. The van der Waals surface area contributed by atoms with Crippen LogP contribution in [0.3, 0.4) is 0 Å². The minimum absolute atomic E-state index is 0.00657. The second-order valence-corrected chi connectivity index (χ2v) is 6.86. The topological polar surface area (TPSA) is 105 Å². The molecular weight excluding hydrogens is 358 g/mol. The summed E-state index contributed by atoms with van der Waals surface area (Å²) in [5.41, 5.74) is 0.732. The molecule has 8 nitrogen and oxygen atoms in total. The zero-order valence-corrected chi connectivity index (χ0v) is 16.9. The van der Waals surface area contributed by atoms with Crippen molar-refractivity contribution >= 4 is 28.7 Å². The molecule has 0 aliphatic rings. The molecule has 152 valence electrons. The highest BCUT2D eigenvalue weighted by Gasteiger charge is 2.24. The number of carbonyl (C=O) groups is 2. The molecule has 0 aliphatic carbocycles. The lowest BCUT2D eigenvalue weighted by Gasteiger charge is -2.21. The largest absolute Gasteiger partial charge is 0.467 e. The highest BCUT2D eigenvalue weighted by Crippen LogP contribution is 2.22. The van der Waals surface area contributed by atoms with Crippen molar-refractivity contribution in [3.05, 3.63) is 30.1 Å². The number of methoxy groups -OCH3 is 1. The molecule has 1 aromatic heterocycles. The monoisotopic (exact) mass is 387 g/mol. The predicted octanol–water partition coefficient (Wildman–Crippen LogP) is 2.84. The summed E-state index contributed by atoms with van der Waals surface area (Å²) in [7, 11) is 1.37. The second kappa shape index (κ2) is 10.4. The maximum atomic E-state index is 12.1. The number of hydrogen-bond acceptors (Lipinski definition) is 6. The predicted molar refractivity (Wildman–Crippen MR) is 109 cm³/mol. The quantitative estimate of drug-likeness (QED) is 0.451. The van der Waals surface area contributed by atoms with E-state index in [2.05, 4.69) is 32.8 Å². The third kappa shape index (κ3) is 5.80. The Kier molecular flexibility index (Phi) is 7.98. The maximum Gasteiger partial charge on any atom is 0.328 e. The van der Waals surface area contributed by atoms with Crippen molar-refractivity contribution in [3.8, 4) is 0 Å². The van der Waals surface area contributed by atoms with Gasteiger partial charge in [-0.1, -0.05) is 39.3 Å². The number of carbonyl (C=O) groups excluding carboxylic acids is 2. The van der Waals surface area contributed by atoms with Crippen LogP contribution in [0.2, 0.25) is 0 Å². The maximum absolute atomic E-state index is 12.1. The van der Waals surface area contributed by atoms with Crippen molar-refractivity contribution in [1.29, 1.82) is 0 Å². The molecule has 28 heavy (non-hydrogen) atoms. The lowest BCUT2D eigenvalue weighted by Crippen LogP contribution is -2.37. The molecule has 0 fully saturated rings. The zero-order chi connectivity index (χ0) is 20.5. The molecule has 8 heteroatoms. The summed E-state index contributed by atoms with van der Waals surface area (Å²) < 4.78 is 4.90. The van der Waals surface area contributed by atoms with Gasteiger partial charge >= 0.3 is 12.0 Å². The van der Waals surface area contributed by atoms with E-state index in [1.165, 1.54) is 7.11 Å². The van der Waals surface area contributed by atoms with Crippen molar-refractivity contribution in [1.82, 2.24) is 20.6 Å². The fourth-order valence-corrected chi connectivity index (χ4v) is 2.69. The fraction of sp³-hybridized carbons (Fsp3) is 0.500. The summed E-state index contributed by atoms with van der Waals surface area (Å²) in [6.45, 7) is 6.74. The zero-order valence-electron chi connectivity index (χ0n) is 16.9. The van der Waals surface area contributed by atoms with E-state index in [9.17, 15) is 9.59 Å². The lowest BCUT2D eigenvalue weighted by molar-refractivity contribution is -0.142. The number of urea groups is 1. The highest BCUT2D eigenvalue weighted by molar-refractivity contribution is 5.91. The summed E-state index contributed by atoms with van der Waals surface area (Å²) in [5.74, 6) is 0.650. The summed E-state index contributed by atoms with van der Waals surface area (Å²) in [4.78, 5) is 33.1. The summed E-state index contributed by atoms with van der Waals surface area (Å²) in [6, 6.07) is 6.74. The van der Waals surface area contributed by atoms with Crippen LogP contribution in [0.4, 0.5) is 10.6 Å². The summed E-state index contributed by atoms with van der Waals surface area (Å²) in [6.07, 6.45) is 1.94. The molecule has 2 amide bonds. The Morgan fingerprint density at radius 1 is 1.14 bits per heavy atom. The van der Waals surface area contributed by atoms with E-state index in [1.807, 2.05) is 38.1 Å². The van der Waals surface area contributed by atoms with Gasteiger partial charge in [0.25, 0.3) is 0 Å². The van der Waals surface area contributed by atoms with E-state index in [0.717, 1.165) is 23.7 Å². The van der Waals surface area contributed by atoms with Crippen LogP contribution in [-0.2, 0) is 16.1 Å². The molecule has 0 saturated carbocycles. The van der Waals surface area contributed by atoms with Crippen LogP contribution in [-0.4, -0.2) is 41.7 Å². The van der Waals surface area contributed by atoms with E-state index in [4.69, 9.17) is 4.74 Å². The number of nitrogens with one attached hydrogen (secondary N) is 3. The molecule has 1 unspecified atom stereocenters. The number of rotatable bonds is 9.